The smallest absolute Gasteiger partial charge is 0.251 e. The van der Waals surface area contributed by atoms with E-state index in [0.717, 1.165) is 6.42 Å². The highest BCUT2D eigenvalue weighted by atomic mass is 16.5. The van der Waals surface area contributed by atoms with E-state index in [1.54, 1.807) is 32.4 Å². The summed E-state index contributed by atoms with van der Waals surface area (Å²) in [5.41, 5.74) is 5.92. The third-order valence-corrected chi connectivity index (χ3v) is 2.26. The lowest BCUT2D eigenvalue weighted by atomic mass is 10.2. The topological polar surface area (TPSA) is 73.6 Å². The Morgan fingerprint density at radius 1 is 1.41 bits per heavy atom. The Hall–Kier alpha value is -1.75. The third-order valence-electron chi connectivity index (χ3n) is 2.26. The molecule has 1 aromatic rings. The molecule has 1 rings (SSSR count). The molecule has 5 heteroatoms. The zero-order valence-corrected chi connectivity index (χ0v) is 10.2. The molecule has 0 spiro atoms. The highest BCUT2D eigenvalue weighted by Gasteiger charge is 2.09. The van der Waals surface area contributed by atoms with Crippen molar-refractivity contribution in [3.8, 4) is 11.5 Å². The molecule has 0 saturated carbocycles. The lowest BCUT2D eigenvalue weighted by Gasteiger charge is -2.11. The maximum atomic E-state index is 11.4. The van der Waals surface area contributed by atoms with E-state index in [4.69, 9.17) is 15.2 Å². The van der Waals surface area contributed by atoms with Gasteiger partial charge in [0.25, 0.3) is 5.91 Å². The Kier molecular flexibility index (Phi) is 5.29. The van der Waals surface area contributed by atoms with Crippen LogP contribution in [-0.2, 0) is 0 Å². The molecule has 3 N–H and O–H groups in total. The molecule has 1 amide bonds. The average molecular weight is 238 g/mol. The molecule has 5 nitrogen and oxygen atoms in total. The van der Waals surface area contributed by atoms with Gasteiger partial charge in [-0.3, -0.25) is 4.79 Å². The van der Waals surface area contributed by atoms with E-state index in [2.05, 4.69) is 5.32 Å². The van der Waals surface area contributed by atoms with Crippen LogP contribution in [0.4, 0.5) is 0 Å². The first-order valence-electron chi connectivity index (χ1n) is 5.46. The highest BCUT2D eigenvalue weighted by molar-refractivity contribution is 5.94. The van der Waals surface area contributed by atoms with Crippen LogP contribution >= 0.6 is 0 Å². The molecule has 1 aromatic carbocycles. The number of hydrogen-bond donors (Lipinski definition) is 2. The maximum absolute atomic E-state index is 11.4. The lowest BCUT2D eigenvalue weighted by Crippen LogP contribution is -2.17. The first-order valence-corrected chi connectivity index (χ1v) is 5.46. The van der Waals surface area contributed by atoms with Crippen molar-refractivity contribution in [3.63, 3.8) is 0 Å². The van der Waals surface area contributed by atoms with Gasteiger partial charge in [0.05, 0.1) is 13.7 Å². The number of carbonyl (C=O) groups is 1. The van der Waals surface area contributed by atoms with Crippen molar-refractivity contribution >= 4 is 5.91 Å². The standard InChI is InChI=1S/C12H18N2O3/c1-14-12(15)9-4-5-10(11(8-9)16-2)17-7-3-6-13/h4-5,8H,3,6-7,13H2,1-2H3,(H,14,15). The van der Waals surface area contributed by atoms with E-state index in [9.17, 15) is 4.79 Å². The van der Waals surface area contributed by atoms with Crippen LogP contribution in [0.15, 0.2) is 18.2 Å². The fraction of sp³-hybridized carbons (Fsp3) is 0.417. The van der Waals surface area contributed by atoms with Gasteiger partial charge in [0.15, 0.2) is 11.5 Å². The fourth-order valence-electron chi connectivity index (χ4n) is 1.34. The van der Waals surface area contributed by atoms with Gasteiger partial charge >= 0.3 is 0 Å². The van der Waals surface area contributed by atoms with Crippen molar-refractivity contribution in [2.75, 3.05) is 27.3 Å². The Bertz CT molecular complexity index is 380. The first kappa shape index (κ1) is 13.3. The van der Waals surface area contributed by atoms with E-state index in [0.29, 0.717) is 30.2 Å². The van der Waals surface area contributed by atoms with Crippen LogP contribution in [0.3, 0.4) is 0 Å². The minimum Gasteiger partial charge on any atom is -0.493 e. The quantitative estimate of drug-likeness (QED) is 0.718. The van der Waals surface area contributed by atoms with Crippen LogP contribution in [0.25, 0.3) is 0 Å². The number of nitrogens with one attached hydrogen (secondary N) is 1. The average Bonchev–Trinajstić information content (AvgIpc) is 2.38. The molecule has 0 aliphatic rings. The van der Waals surface area contributed by atoms with Gasteiger partial charge < -0.3 is 20.5 Å². The Balaban J connectivity index is 2.81. The van der Waals surface area contributed by atoms with Crippen LogP contribution in [0, 0.1) is 0 Å². The van der Waals surface area contributed by atoms with Gasteiger partial charge in [0.1, 0.15) is 0 Å². The molecule has 0 aromatic heterocycles. The van der Waals surface area contributed by atoms with E-state index in [1.807, 2.05) is 0 Å². The normalized spacial score (nSPS) is 9.82. The third kappa shape index (κ3) is 3.64. The van der Waals surface area contributed by atoms with Crippen LogP contribution in [0.2, 0.25) is 0 Å². The summed E-state index contributed by atoms with van der Waals surface area (Å²) >= 11 is 0. The van der Waals surface area contributed by atoms with Crippen molar-refractivity contribution in [2.24, 2.45) is 5.73 Å². The van der Waals surface area contributed by atoms with E-state index in [1.165, 1.54) is 0 Å². The van der Waals surface area contributed by atoms with Crippen LogP contribution in [0.5, 0.6) is 11.5 Å². The summed E-state index contributed by atoms with van der Waals surface area (Å²) in [4.78, 5) is 11.4. The summed E-state index contributed by atoms with van der Waals surface area (Å²) in [5, 5.41) is 2.55. The van der Waals surface area contributed by atoms with Gasteiger partial charge in [-0.1, -0.05) is 0 Å². The number of hydrogen-bond acceptors (Lipinski definition) is 4. The number of amides is 1. The molecule has 0 unspecified atom stereocenters. The summed E-state index contributed by atoms with van der Waals surface area (Å²) in [7, 11) is 3.12. The number of rotatable bonds is 6. The zero-order valence-electron chi connectivity index (χ0n) is 10.2. The molecule has 0 atom stereocenters. The molecule has 0 bridgehead atoms. The molecule has 0 saturated heterocycles. The monoisotopic (exact) mass is 238 g/mol. The summed E-state index contributed by atoms with van der Waals surface area (Å²) in [6.07, 6.45) is 0.778. The largest absolute Gasteiger partial charge is 0.493 e. The minimum absolute atomic E-state index is 0.156. The second-order valence-corrected chi connectivity index (χ2v) is 3.44. The predicted octanol–water partition coefficient (Wildman–Crippen LogP) is 0.782. The highest BCUT2D eigenvalue weighted by Crippen LogP contribution is 2.28. The predicted molar refractivity (Wildman–Crippen MR) is 65.6 cm³/mol. The first-order chi connectivity index (χ1) is 8.22. The molecular formula is C12H18N2O3. The van der Waals surface area contributed by atoms with Gasteiger partial charge in [-0.05, 0) is 31.2 Å². The van der Waals surface area contributed by atoms with E-state index < -0.39 is 0 Å². The summed E-state index contributed by atoms with van der Waals surface area (Å²) in [5.74, 6) is 1.01. The molecule has 0 radical (unpaired) electrons. The van der Waals surface area contributed by atoms with Crippen molar-refractivity contribution in [1.82, 2.24) is 5.32 Å². The zero-order chi connectivity index (χ0) is 12.7. The lowest BCUT2D eigenvalue weighted by molar-refractivity contribution is 0.0962. The molecule has 0 aliphatic carbocycles. The van der Waals surface area contributed by atoms with Crippen LogP contribution in [-0.4, -0.2) is 33.2 Å². The second kappa shape index (κ2) is 6.75. The maximum Gasteiger partial charge on any atom is 0.251 e. The molecule has 94 valence electrons. The van der Waals surface area contributed by atoms with Gasteiger partial charge in [-0.25, -0.2) is 0 Å². The minimum atomic E-state index is -0.156. The molecule has 0 fully saturated rings. The summed E-state index contributed by atoms with van der Waals surface area (Å²) in [6, 6.07) is 5.07. The van der Waals surface area contributed by atoms with E-state index in [-0.39, 0.29) is 5.91 Å². The van der Waals surface area contributed by atoms with Gasteiger partial charge in [-0.2, -0.15) is 0 Å². The number of carbonyl (C=O) groups excluding carboxylic acids is 1. The van der Waals surface area contributed by atoms with Gasteiger partial charge in [0.2, 0.25) is 0 Å². The number of ether oxygens (including phenoxy) is 2. The van der Waals surface area contributed by atoms with Crippen molar-refractivity contribution in [2.45, 2.75) is 6.42 Å². The second-order valence-electron chi connectivity index (χ2n) is 3.44. The number of methoxy groups -OCH3 is 1. The molecule has 0 aliphatic heterocycles. The number of benzene rings is 1. The molecular weight excluding hydrogens is 220 g/mol. The Labute approximate surface area is 101 Å². The number of nitrogens with two attached hydrogens (primary N) is 1. The van der Waals surface area contributed by atoms with Crippen LogP contribution < -0.4 is 20.5 Å². The Morgan fingerprint density at radius 3 is 2.76 bits per heavy atom. The SMILES string of the molecule is CNC(=O)c1ccc(OCCCN)c(OC)c1. The van der Waals surface area contributed by atoms with E-state index >= 15 is 0 Å². The van der Waals surface area contributed by atoms with Gasteiger partial charge in [0, 0.05) is 12.6 Å². The van der Waals surface area contributed by atoms with Crippen LogP contribution in [0.1, 0.15) is 16.8 Å². The molecule has 0 heterocycles. The van der Waals surface area contributed by atoms with Crippen molar-refractivity contribution in [1.29, 1.82) is 0 Å². The Morgan fingerprint density at radius 2 is 2.18 bits per heavy atom. The van der Waals surface area contributed by atoms with Gasteiger partial charge in [-0.15, -0.1) is 0 Å². The summed E-state index contributed by atoms with van der Waals surface area (Å²) in [6.45, 7) is 1.12. The molecule has 17 heavy (non-hydrogen) atoms. The fourth-order valence-corrected chi connectivity index (χ4v) is 1.34. The van der Waals surface area contributed by atoms with Crippen molar-refractivity contribution in [3.05, 3.63) is 23.8 Å². The summed E-state index contributed by atoms with van der Waals surface area (Å²) < 4.78 is 10.7. The van der Waals surface area contributed by atoms with Crippen molar-refractivity contribution < 1.29 is 14.3 Å².